The van der Waals surface area contributed by atoms with E-state index in [2.05, 4.69) is 21.7 Å². The van der Waals surface area contributed by atoms with Crippen molar-refractivity contribution >= 4 is 23.2 Å². The highest BCUT2D eigenvalue weighted by Gasteiger charge is 2.32. The van der Waals surface area contributed by atoms with E-state index in [1.54, 1.807) is 5.38 Å². The number of hydrogen-bond acceptors (Lipinski definition) is 5. The Morgan fingerprint density at radius 3 is 2.32 bits per heavy atom. The lowest BCUT2D eigenvalue weighted by Gasteiger charge is -2.35. The lowest BCUT2D eigenvalue weighted by molar-refractivity contribution is -0.128. The van der Waals surface area contributed by atoms with Crippen LogP contribution in [0.15, 0.2) is 23.6 Å². The first kappa shape index (κ1) is 21.8. The van der Waals surface area contributed by atoms with Crippen LogP contribution in [0.3, 0.4) is 0 Å². The molecule has 2 unspecified atom stereocenters. The minimum atomic E-state index is -0.177. The van der Waals surface area contributed by atoms with Gasteiger partial charge in [-0.05, 0) is 62.8 Å². The van der Waals surface area contributed by atoms with E-state index in [0.29, 0.717) is 12.3 Å². The summed E-state index contributed by atoms with van der Waals surface area (Å²) < 4.78 is 5.86. The maximum atomic E-state index is 12.8. The number of nitrogens with one attached hydrogen (secondary N) is 2. The Labute approximate surface area is 187 Å². The Hall–Kier alpha value is -2.41. The quantitative estimate of drug-likeness (QED) is 0.671. The molecule has 2 fully saturated rings. The zero-order valence-electron chi connectivity index (χ0n) is 18.3. The fourth-order valence-corrected chi connectivity index (χ4v) is 5.02. The molecule has 7 heteroatoms. The van der Waals surface area contributed by atoms with Crippen molar-refractivity contribution in [3.63, 3.8) is 0 Å². The summed E-state index contributed by atoms with van der Waals surface area (Å²) in [7, 11) is 0. The summed E-state index contributed by atoms with van der Waals surface area (Å²) in [6.07, 6.45) is 7.06. The molecule has 2 amide bonds. The van der Waals surface area contributed by atoms with Crippen LogP contribution in [-0.4, -0.2) is 28.9 Å². The van der Waals surface area contributed by atoms with E-state index >= 15 is 0 Å². The van der Waals surface area contributed by atoms with Crippen LogP contribution in [-0.2, 0) is 11.4 Å². The van der Waals surface area contributed by atoms with Gasteiger partial charge in [0, 0.05) is 23.4 Å². The monoisotopic (exact) mass is 441 g/mol. The number of hydrogen-bond donors (Lipinski definition) is 2. The van der Waals surface area contributed by atoms with Gasteiger partial charge in [-0.3, -0.25) is 9.59 Å². The maximum Gasteiger partial charge on any atom is 0.271 e. The van der Waals surface area contributed by atoms with Crippen molar-refractivity contribution in [2.24, 2.45) is 5.92 Å². The molecule has 2 saturated carbocycles. The highest BCUT2D eigenvalue weighted by molar-refractivity contribution is 7.09. The SMILES string of the molecule is Cc1cc(C)cc(OCc2nc(C(=O)NC3CCCCC3NC(=O)C3CCC3)cs2)c1. The van der Waals surface area contributed by atoms with Gasteiger partial charge in [-0.2, -0.15) is 0 Å². The van der Waals surface area contributed by atoms with Crippen LogP contribution in [0.1, 0.15) is 71.6 Å². The van der Waals surface area contributed by atoms with Crippen LogP contribution in [0.5, 0.6) is 5.75 Å². The van der Waals surface area contributed by atoms with Gasteiger partial charge in [-0.1, -0.05) is 25.3 Å². The lowest BCUT2D eigenvalue weighted by atomic mass is 9.83. The van der Waals surface area contributed by atoms with E-state index in [1.165, 1.54) is 11.3 Å². The summed E-state index contributed by atoms with van der Waals surface area (Å²) >= 11 is 1.43. The third kappa shape index (κ3) is 5.64. The number of aryl methyl sites for hydroxylation is 2. The van der Waals surface area contributed by atoms with E-state index < -0.39 is 0 Å². The van der Waals surface area contributed by atoms with Gasteiger partial charge in [0.05, 0.1) is 0 Å². The zero-order valence-corrected chi connectivity index (χ0v) is 19.1. The Kier molecular flexibility index (Phi) is 6.90. The van der Waals surface area contributed by atoms with Gasteiger partial charge in [-0.25, -0.2) is 4.98 Å². The molecule has 31 heavy (non-hydrogen) atoms. The predicted octanol–water partition coefficient (Wildman–Crippen LogP) is 4.30. The number of nitrogens with zero attached hydrogens (tertiary/aromatic N) is 1. The Balaban J connectivity index is 1.32. The molecular weight excluding hydrogens is 410 g/mol. The van der Waals surface area contributed by atoms with Crippen LogP contribution < -0.4 is 15.4 Å². The molecule has 2 aliphatic carbocycles. The molecule has 2 aromatic rings. The van der Waals surface area contributed by atoms with Crippen LogP contribution >= 0.6 is 11.3 Å². The molecule has 2 N–H and O–H groups in total. The van der Waals surface area contributed by atoms with Gasteiger partial charge in [0.2, 0.25) is 5.91 Å². The number of rotatable bonds is 7. The van der Waals surface area contributed by atoms with E-state index in [9.17, 15) is 9.59 Å². The molecule has 2 aliphatic rings. The van der Waals surface area contributed by atoms with Crippen LogP contribution in [0.2, 0.25) is 0 Å². The molecule has 0 spiro atoms. The minimum Gasteiger partial charge on any atom is -0.486 e. The smallest absolute Gasteiger partial charge is 0.271 e. The molecule has 166 valence electrons. The van der Waals surface area contributed by atoms with Gasteiger partial charge in [0.1, 0.15) is 23.1 Å². The van der Waals surface area contributed by atoms with E-state index in [-0.39, 0.29) is 29.8 Å². The molecule has 0 saturated heterocycles. The van der Waals surface area contributed by atoms with E-state index in [0.717, 1.165) is 66.8 Å². The second-order valence-corrected chi connectivity index (χ2v) is 9.79. The van der Waals surface area contributed by atoms with Gasteiger partial charge in [0.25, 0.3) is 5.91 Å². The Morgan fingerprint density at radius 1 is 1.00 bits per heavy atom. The van der Waals surface area contributed by atoms with Gasteiger partial charge >= 0.3 is 0 Å². The number of carbonyl (C=O) groups excluding carboxylic acids is 2. The van der Waals surface area contributed by atoms with Crippen molar-refractivity contribution in [2.75, 3.05) is 0 Å². The first-order valence-electron chi connectivity index (χ1n) is 11.2. The molecule has 0 radical (unpaired) electrons. The molecule has 4 rings (SSSR count). The topological polar surface area (TPSA) is 80.3 Å². The highest BCUT2D eigenvalue weighted by Crippen LogP contribution is 2.27. The van der Waals surface area contributed by atoms with E-state index in [1.807, 2.05) is 26.0 Å². The number of thiazole rings is 1. The van der Waals surface area contributed by atoms with Gasteiger partial charge < -0.3 is 15.4 Å². The fraction of sp³-hybridized carbons (Fsp3) is 0.542. The second kappa shape index (κ2) is 9.81. The summed E-state index contributed by atoms with van der Waals surface area (Å²) in [5.74, 6) is 0.947. The standard InChI is InChI=1S/C24H31N3O3S/c1-15-10-16(2)12-18(11-15)30-13-22-25-21(14-31-22)24(29)27-20-9-4-3-8-19(20)26-23(28)17-6-5-7-17/h10-12,14,17,19-20H,3-9,13H2,1-2H3,(H,26,28)(H,27,29). The average Bonchev–Trinajstić information content (AvgIpc) is 3.15. The lowest BCUT2D eigenvalue weighted by Crippen LogP contribution is -2.54. The Bertz CT molecular complexity index is 918. The maximum absolute atomic E-state index is 12.8. The summed E-state index contributed by atoms with van der Waals surface area (Å²) in [6.45, 7) is 4.42. The van der Waals surface area contributed by atoms with Crippen molar-refractivity contribution in [2.45, 2.75) is 77.5 Å². The van der Waals surface area contributed by atoms with Gasteiger partial charge in [0.15, 0.2) is 0 Å². The van der Waals surface area contributed by atoms with Crippen molar-refractivity contribution in [3.05, 3.63) is 45.4 Å². The summed E-state index contributed by atoms with van der Waals surface area (Å²) in [6, 6.07) is 6.06. The fourth-order valence-electron chi connectivity index (χ4n) is 4.33. The molecule has 1 heterocycles. The van der Waals surface area contributed by atoms with Crippen molar-refractivity contribution in [3.8, 4) is 5.75 Å². The molecule has 1 aromatic heterocycles. The Morgan fingerprint density at radius 2 is 1.68 bits per heavy atom. The van der Waals surface area contributed by atoms with Gasteiger partial charge in [-0.15, -0.1) is 11.3 Å². The number of carbonyl (C=O) groups is 2. The summed E-state index contributed by atoms with van der Waals surface area (Å²) in [4.78, 5) is 29.6. The molecule has 2 atom stereocenters. The summed E-state index contributed by atoms with van der Waals surface area (Å²) in [5, 5.41) is 8.85. The van der Waals surface area contributed by atoms with Crippen LogP contribution in [0, 0.1) is 19.8 Å². The largest absolute Gasteiger partial charge is 0.486 e. The highest BCUT2D eigenvalue weighted by atomic mass is 32.1. The molecule has 0 aliphatic heterocycles. The van der Waals surface area contributed by atoms with Crippen molar-refractivity contribution in [1.29, 1.82) is 0 Å². The third-order valence-corrected chi connectivity index (χ3v) is 7.05. The van der Waals surface area contributed by atoms with Crippen LogP contribution in [0.4, 0.5) is 0 Å². The molecule has 1 aromatic carbocycles. The number of benzene rings is 1. The molecule has 0 bridgehead atoms. The normalized spacial score (nSPS) is 21.2. The first-order chi connectivity index (χ1) is 15.0. The van der Waals surface area contributed by atoms with Crippen LogP contribution in [0.25, 0.3) is 0 Å². The number of amides is 2. The van der Waals surface area contributed by atoms with E-state index in [4.69, 9.17) is 4.74 Å². The summed E-state index contributed by atoms with van der Waals surface area (Å²) in [5.41, 5.74) is 2.72. The third-order valence-electron chi connectivity index (χ3n) is 6.23. The number of ether oxygens (including phenoxy) is 1. The minimum absolute atomic E-state index is 0.0109. The number of aromatic nitrogens is 1. The predicted molar refractivity (Wildman–Crippen MR) is 121 cm³/mol. The van der Waals surface area contributed by atoms with Crippen molar-refractivity contribution < 1.29 is 14.3 Å². The molecular formula is C24H31N3O3S. The average molecular weight is 442 g/mol. The molecule has 6 nitrogen and oxygen atoms in total. The van der Waals surface area contributed by atoms with Crippen molar-refractivity contribution in [1.82, 2.24) is 15.6 Å². The second-order valence-electron chi connectivity index (χ2n) is 8.85. The first-order valence-corrected chi connectivity index (χ1v) is 12.1. The zero-order chi connectivity index (χ0) is 21.8.